The van der Waals surface area contributed by atoms with Crippen LogP contribution in [0.1, 0.15) is 41.1 Å². The molecule has 4 rings (SSSR count). The lowest BCUT2D eigenvalue weighted by molar-refractivity contribution is -0.130. The normalized spacial score (nSPS) is 16.7. The molecular formula is C21H21N3O4. The third-order valence-corrected chi connectivity index (χ3v) is 4.83. The highest BCUT2D eigenvalue weighted by Crippen LogP contribution is 2.31. The van der Waals surface area contributed by atoms with Crippen molar-refractivity contribution in [1.29, 1.82) is 0 Å². The Labute approximate surface area is 162 Å². The van der Waals surface area contributed by atoms with Gasteiger partial charge < -0.3 is 19.2 Å². The first-order chi connectivity index (χ1) is 13.5. The predicted molar refractivity (Wildman–Crippen MR) is 102 cm³/mol. The van der Waals surface area contributed by atoms with Crippen molar-refractivity contribution in [2.45, 2.75) is 32.4 Å². The molecule has 7 heteroatoms. The average molecular weight is 379 g/mol. The minimum Gasteiger partial charge on any atom is -0.493 e. The van der Waals surface area contributed by atoms with E-state index in [1.807, 2.05) is 49.4 Å². The Kier molecular flexibility index (Phi) is 4.73. The van der Waals surface area contributed by atoms with Crippen LogP contribution in [0.5, 0.6) is 5.75 Å². The number of benzene rings is 1. The minimum atomic E-state index is -0.937. The van der Waals surface area contributed by atoms with Crippen LogP contribution in [0.4, 0.5) is 0 Å². The van der Waals surface area contributed by atoms with Crippen molar-refractivity contribution in [3.63, 3.8) is 0 Å². The number of nitrogens with zero attached hydrogens (tertiary/aromatic N) is 2. The average Bonchev–Trinajstić information content (AvgIpc) is 3.14. The first-order valence-electron chi connectivity index (χ1n) is 9.21. The van der Waals surface area contributed by atoms with Gasteiger partial charge in [0, 0.05) is 23.9 Å². The van der Waals surface area contributed by atoms with E-state index in [1.165, 1.54) is 0 Å². The van der Waals surface area contributed by atoms with Crippen LogP contribution in [-0.4, -0.2) is 34.0 Å². The van der Waals surface area contributed by atoms with Crippen molar-refractivity contribution in [3.8, 4) is 5.75 Å². The smallest absolute Gasteiger partial charge is 0.359 e. The number of para-hydroxylation sites is 1. The molecule has 0 saturated carbocycles. The Balaban J connectivity index is 1.43. The lowest BCUT2D eigenvalue weighted by Crippen LogP contribution is -2.39. The van der Waals surface area contributed by atoms with E-state index in [-0.39, 0.29) is 17.6 Å². The van der Waals surface area contributed by atoms with Gasteiger partial charge in [-0.3, -0.25) is 4.79 Å². The summed E-state index contributed by atoms with van der Waals surface area (Å²) in [6.07, 6.45) is 1.34. The zero-order chi connectivity index (χ0) is 19.7. The number of fused-ring (bicyclic) bond motifs is 2. The number of nitrogens with one attached hydrogen (secondary N) is 1. The van der Waals surface area contributed by atoms with E-state index in [4.69, 9.17) is 9.47 Å². The minimum absolute atomic E-state index is 0.170. The van der Waals surface area contributed by atoms with Crippen molar-refractivity contribution in [1.82, 2.24) is 14.7 Å². The third-order valence-electron chi connectivity index (χ3n) is 4.83. The van der Waals surface area contributed by atoms with Gasteiger partial charge in [0.15, 0.2) is 11.8 Å². The Morgan fingerprint density at radius 2 is 2.07 bits per heavy atom. The maximum atomic E-state index is 12.6. The molecule has 7 nitrogen and oxygen atoms in total. The fourth-order valence-electron chi connectivity index (χ4n) is 3.30. The molecule has 2 aromatic heterocycles. The van der Waals surface area contributed by atoms with Gasteiger partial charge in [0.2, 0.25) is 0 Å². The Morgan fingerprint density at radius 3 is 2.89 bits per heavy atom. The van der Waals surface area contributed by atoms with Crippen LogP contribution in [0.2, 0.25) is 0 Å². The second-order valence-electron chi connectivity index (χ2n) is 6.81. The second kappa shape index (κ2) is 7.34. The molecule has 2 atom stereocenters. The molecule has 0 bridgehead atoms. The van der Waals surface area contributed by atoms with Gasteiger partial charge in [0.1, 0.15) is 11.4 Å². The number of hydrogen-bond donors (Lipinski definition) is 1. The molecule has 1 aliphatic rings. The number of esters is 1. The molecule has 1 N–H and O–H groups in total. The molecule has 0 fully saturated rings. The quantitative estimate of drug-likeness (QED) is 0.705. The van der Waals surface area contributed by atoms with Gasteiger partial charge in [-0.25, -0.2) is 9.78 Å². The number of ether oxygens (including phenoxy) is 2. The Morgan fingerprint density at radius 1 is 1.25 bits per heavy atom. The highest BCUT2D eigenvalue weighted by molar-refractivity contribution is 5.91. The standard InChI is InChI=1S/C21H21N3O4/c1-13-6-5-9-19-22-17(12-24(13)19)21(26)28-14(2)20(25)23-16-10-11-27-18-8-4-3-7-15(16)18/h3-9,12,14,16H,10-11H2,1-2H3,(H,23,25)/t14-,16+/m0/s1. The second-order valence-corrected chi connectivity index (χ2v) is 6.81. The van der Waals surface area contributed by atoms with Crippen molar-refractivity contribution < 1.29 is 19.1 Å². The lowest BCUT2D eigenvalue weighted by Gasteiger charge is -2.27. The van der Waals surface area contributed by atoms with Crippen molar-refractivity contribution >= 4 is 17.5 Å². The van der Waals surface area contributed by atoms with Crippen LogP contribution >= 0.6 is 0 Å². The summed E-state index contributed by atoms with van der Waals surface area (Å²) in [5.74, 6) is -0.211. The summed E-state index contributed by atoms with van der Waals surface area (Å²) in [6.45, 7) is 4.00. The summed E-state index contributed by atoms with van der Waals surface area (Å²) in [4.78, 5) is 29.3. The predicted octanol–water partition coefficient (Wildman–Crippen LogP) is 2.83. The molecular weight excluding hydrogens is 358 g/mol. The molecule has 0 saturated heterocycles. The van der Waals surface area contributed by atoms with E-state index in [1.54, 1.807) is 17.5 Å². The number of carbonyl (C=O) groups is 2. The fourth-order valence-corrected chi connectivity index (χ4v) is 3.30. The molecule has 0 aliphatic carbocycles. The summed E-state index contributed by atoms with van der Waals surface area (Å²) >= 11 is 0. The lowest BCUT2D eigenvalue weighted by atomic mass is 10.0. The van der Waals surface area contributed by atoms with E-state index in [9.17, 15) is 9.59 Å². The van der Waals surface area contributed by atoms with Gasteiger partial charge in [0.25, 0.3) is 5.91 Å². The first kappa shape index (κ1) is 18.0. The Hall–Kier alpha value is -3.35. The monoisotopic (exact) mass is 379 g/mol. The number of pyridine rings is 1. The molecule has 1 amide bonds. The summed E-state index contributed by atoms with van der Waals surface area (Å²) in [5.41, 5.74) is 2.71. The fraction of sp³-hybridized carbons (Fsp3) is 0.286. The van der Waals surface area contributed by atoms with Gasteiger partial charge in [-0.1, -0.05) is 24.3 Å². The van der Waals surface area contributed by atoms with Gasteiger partial charge >= 0.3 is 5.97 Å². The highest BCUT2D eigenvalue weighted by atomic mass is 16.5. The van der Waals surface area contributed by atoms with Crippen LogP contribution in [-0.2, 0) is 9.53 Å². The molecule has 144 valence electrons. The van der Waals surface area contributed by atoms with E-state index in [0.29, 0.717) is 18.7 Å². The van der Waals surface area contributed by atoms with Gasteiger partial charge in [-0.05, 0) is 32.0 Å². The molecule has 0 radical (unpaired) electrons. The SMILES string of the molecule is Cc1cccc2nc(C(=O)O[C@@H](C)C(=O)N[C@@H]3CCOc4ccccc43)cn12. The van der Waals surface area contributed by atoms with Gasteiger partial charge in [0.05, 0.1) is 12.6 Å². The van der Waals surface area contributed by atoms with E-state index in [2.05, 4.69) is 10.3 Å². The maximum absolute atomic E-state index is 12.6. The number of imidazole rings is 1. The van der Waals surface area contributed by atoms with Crippen LogP contribution < -0.4 is 10.1 Å². The molecule has 1 aliphatic heterocycles. The van der Waals surface area contributed by atoms with Crippen molar-refractivity contribution in [2.75, 3.05) is 6.61 Å². The van der Waals surface area contributed by atoms with Gasteiger partial charge in [-0.15, -0.1) is 0 Å². The molecule has 3 heterocycles. The number of rotatable bonds is 4. The zero-order valence-corrected chi connectivity index (χ0v) is 15.7. The summed E-state index contributed by atoms with van der Waals surface area (Å²) < 4.78 is 12.8. The van der Waals surface area contributed by atoms with Gasteiger partial charge in [-0.2, -0.15) is 0 Å². The molecule has 0 spiro atoms. The van der Waals surface area contributed by atoms with Crippen LogP contribution in [0.15, 0.2) is 48.7 Å². The number of aryl methyl sites for hydroxylation is 1. The molecule has 1 aromatic carbocycles. The van der Waals surface area contributed by atoms with Crippen molar-refractivity contribution in [3.05, 3.63) is 65.6 Å². The van der Waals surface area contributed by atoms with E-state index >= 15 is 0 Å². The topological polar surface area (TPSA) is 81.9 Å². The third kappa shape index (κ3) is 3.43. The number of hydrogen-bond acceptors (Lipinski definition) is 5. The first-order valence-corrected chi connectivity index (χ1v) is 9.21. The zero-order valence-electron chi connectivity index (χ0n) is 15.7. The Bertz CT molecular complexity index is 1040. The number of carbonyl (C=O) groups excluding carboxylic acids is 2. The summed E-state index contributed by atoms with van der Waals surface area (Å²) in [6, 6.07) is 13.0. The van der Waals surface area contributed by atoms with E-state index < -0.39 is 12.1 Å². The number of amides is 1. The maximum Gasteiger partial charge on any atom is 0.359 e. The van der Waals surface area contributed by atoms with E-state index in [0.717, 1.165) is 17.0 Å². The highest BCUT2D eigenvalue weighted by Gasteiger charge is 2.27. The summed E-state index contributed by atoms with van der Waals surface area (Å²) in [5, 5.41) is 2.95. The van der Waals surface area contributed by atoms with Crippen LogP contribution in [0.3, 0.4) is 0 Å². The number of aromatic nitrogens is 2. The van der Waals surface area contributed by atoms with Crippen LogP contribution in [0, 0.1) is 6.92 Å². The molecule has 0 unspecified atom stereocenters. The largest absolute Gasteiger partial charge is 0.493 e. The van der Waals surface area contributed by atoms with Crippen molar-refractivity contribution in [2.24, 2.45) is 0 Å². The molecule has 3 aromatic rings. The molecule has 28 heavy (non-hydrogen) atoms. The van der Waals surface area contributed by atoms with Crippen LogP contribution in [0.25, 0.3) is 5.65 Å². The summed E-state index contributed by atoms with van der Waals surface area (Å²) in [7, 11) is 0.